The first-order valence-electron chi connectivity index (χ1n) is 6.57. The van der Waals surface area contributed by atoms with Crippen molar-refractivity contribution in [2.45, 2.75) is 64.5 Å². The molecule has 0 heterocycles. The van der Waals surface area contributed by atoms with Gasteiger partial charge in [0.25, 0.3) is 0 Å². The van der Waals surface area contributed by atoms with E-state index in [-0.39, 0.29) is 0 Å². The molecule has 0 radical (unpaired) electrons. The molecule has 0 aromatic carbocycles. The van der Waals surface area contributed by atoms with E-state index >= 15 is 0 Å². The first-order chi connectivity index (χ1) is 7.29. The number of hydrogen-bond donors (Lipinski definition) is 0. The van der Waals surface area contributed by atoms with Crippen molar-refractivity contribution in [1.29, 1.82) is 0 Å². The molecule has 0 aliphatic heterocycles. The van der Waals surface area contributed by atoms with Crippen LogP contribution in [-0.4, -0.2) is 21.8 Å². The van der Waals surface area contributed by atoms with Gasteiger partial charge >= 0.3 is 8.56 Å². The molecule has 90 valence electrons. The fourth-order valence-corrected chi connectivity index (χ4v) is 6.75. The minimum absolute atomic E-state index is 0.781. The highest BCUT2D eigenvalue weighted by atomic mass is 28.4. The molecule has 0 unspecified atom stereocenters. The SMILES string of the molecule is CCCC[Si](OCC)(OCC)C1CCC1. The third kappa shape index (κ3) is 3.30. The first kappa shape index (κ1) is 13.2. The zero-order valence-corrected chi connectivity index (χ0v) is 11.6. The molecule has 1 fully saturated rings. The molecule has 0 atom stereocenters. The summed E-state index contributed by atoms with van der Waals surface area (Å²) in [4.78, 5) is 0. The van der Waals surface area contributed by atoms with Crippen LogP contribution in [0.4, 0.5) is 0 Å². The third-order valence-corrected chi connectivity index (χ3v) is 7.81. The number of hydrogen-bond acceptors (Lipinski definition) is 2. The van der Waals surface area contributed by atoms with E-state index in [1.807, 2.05) is 0 Å². The van der Waals surface area contributed by atoms with Crippen molar-refractivity contribution in [3.63, 3.8) is 0 Å². The van der Waals surface area contributed by atoms with Crippen molar-refractivity contribution in [1.82, 2.24) is 0 Å². The molecule has 0 saturated heterocycles. The quantitative estimate of drug-likeness (QED) is 0.590. The molecule has 0 N–H and O–H groups in total. The zero-order valence-electron chi connectivity index (χ0n) is 10.6. The van der Waals surface area contributed by atoms with E-state index in [4.69, 9.17) is 8.85 Å². The fourth-order valence-electron chi connectivity index (χ4n) is 2.39. The van der Waals surface area contributed by atoms with Gasteiger partial charge in [0, 0.05) is 18.8 Å². The normalized spacial score (nSPS) is 17.8. The van der Waals surface area contributed by atoms with Gasteiger partial charge in [0.2, 0.25) is 0 Å². The Labute approximate surface area is 95.6 Å². The predicted molar refractivity (Wildman–Crippen MR) is 66.3 cm³/mol. The standard InChI is InChI=1S/C12H26O2Si/c1-4-7-11-15(13-5-2,14-6-3)12-9-8-10-12/h12H,4-11H2,1-3H3. The molecule has 1 aliphatic carbocycles. The van der Waals surface area contributed by atoms with Crippen molar-refractivity contribution in [2.75, 3.05) is 13.2 Å². The third-order valence-electron chi connectivity index (χ3n) is 3.38. The number of rotatable bonds is 8. The molecule has 1 saturated carbocycles. The molecule has 2 nitrogen and oxygen atoms in total. The van der Waals surface area contributed by atoms with Crippen LogP contribution in [0.15, 0.2) is 0 Å². The van der Waals surface area contributed by atoms with Gasteiger partial charge in [-0.2, -0.15) is 0 Å². The summed E-state index contributed by atoms with van der Waals surface area (Å²) < 4.78 is 12.2. The average molecular weight is 230 g/mol. The van der Waals surface area contributed by atoms with Crippen LogP contribution in [0.5, 0.6) is 0 Å². The second-order valence-electron chi connectivity index (χ2n) is 4.41. The minimum atomic E-state index is -1.83. The highest BCUT2D eigenvalue weighted by Crippen LogP contribution is 2.44. The summed E-state index contributed by atoms with van der Waals surface area (Å²) >= 11 is 0. The van der Waals surface area contributed by atoms with Crippen molar-refractivity contribution in [3.8, 4) is 0 Å². The molecular weight excluding hydrogens is 204 g/mol. The van der Waals surface area contributed by atoms with E-state index in [0.717, 1.165) is 18.8 Å². The highest BCUT2D eigenvalue weighted by molar-refractivity contribution is 6.69. The van der Waals surface area contributed by atoms with Crippen LogP contribution >= 0.6 is 0 Å². The summed E-state index contributed by atoms with van der Waals surface area (Å²) in [5.41, 5.74) is 0.781. The lowest BCUT2D eigenvalue weighted by Crippen LogP contribution is -2.49. The lowest BCUT2D eigenvalue weighted by molar-refractivity contribution is 0.157. The van der Waals surface area contributed by atoms with Crippen molar-refractivity contribution in [2.24, 2.45) is 0 Å². The van der Waals surface area contributed by atoms with Crippen molar-refractivity contribution in [3.05, 3.63) is 0 Å². The zero-order chi connectivity index (χ0) is 11.1. The molecule has 0 aromatic heterocycles. The fraction of sp³-hybridized carbons (Fsp3) is 1.00. The topological polar surface area (TPSA) is 18.5 Å². The molecule has 0 bridgehead atoms. The van der Waals surface area contributed by atoms with Gasteiger partial charge in [-0.05, 0) is 32.7 Å². The van der Waals surface area contributed by atoms with Gasteiger partial charge in [0.1, 0.15) is 0 Å². The maximum atomic E-state index is 6.09. The Balaban J connectivity index is 2.58. The van der Waals surface area contributed by atoms with E-state index in [1.165, 1.54) is 38.1 Å². The monoisotopic (exact) mass is 230 g/mol. The summed E-state index contributed by atoms with van der Waals surface area (Å²) in [6.07, 6.45) is 6.59. The van der Waals surface area contributed by atoms with Crippen LogP contribution < -0.4 is 0 Å². The minimum Gasteiger partial charge on any atom is -0.394 e. The van der Waals surface area contributed by atoms with E-state index in [2.05, 4.69) is 20.8 Å². The lowest BCUT2D eigenvalue weighted by Gasteiger charge is -2.41. The summed E-state index contributed by atoms with van der Waals surface area (Å²) in [5.74, 6) is 0. The van der Waals surface area contributed by atoms with Gasteiger partial charge in [0.15, 0.2) is 0 Å². The van der Waals surface area contributed by atoms with Gasteiger partial charge in [-0.25, -0.2) is 0 Å². The van der Waals surface area contributed by atoms with Crippen LogP contribution in [0.2, 0.25) is 11.6 Å². The second kappa shape index (κ2) is 6.66. The number of unbranched alkanes of at least 4 members (excludes halogenated alkanes) is 1. The largest absolute Gasteiger partial charge is 0.394 e. The first-order valence-corrected chi connectivity index (χ1v) is 8.67. The van der Waals surface area contributed by atoms with Gasteiger partial charge < -0.3 is 8.85 Å². The molecule has 0 amide bonds. The Hall–Kier alpha value is 0.137. The molecule has 0 spiro atoms. The smallest absolute Gasteiger partial charge is 0.341 e. The Morgan fingerprint density at radius 2 is 1.67 bits per heavy atom. The maximum absolute atomic E-state index is 6.09. The van der Waals surface area contributed by atoms with E-state index in [9.17, 15) is 0 Å². The molecule has 3 heteroatoms. The second-order valence-corrected chi connectivity index (χ2v) is 7.93. The van der Waals surface area contributed by atoms with Crippen LogP contribution in [0, 0.1) is 0 Å². The molecule has 1 aliphatic rings. The van der Waals surface area contributed by atoms with Crippen LogP contribution in [0.25, 0.3) is 0 Å². The Morgan fingerprint density at radius 1 is 1.07 bits per heavy atom. The van der Waals surface area contributed by atoms with Gasteiger partial charge in [0.05, 0.1) is 0 Å². The van der Waals surface area contributed by atoms with Gasteiger partial charge in [-0.3, -0.25) is 0 Å². The van der Waals surface area contributed by atoms with Crippen LogP contribution in [0.1, 0.15) is 52.9 Å². The van der Waals surface area contributed by atoms with Crippen LogP contribution in [-0.2, 0) is 8.85 Å². The van der Waals surface area contributed by atoms with Gasteiger partial charge in [-0.1, -0.05) is 26.2 Å². The van der Waals surface area contributed by atoms with Crippen molar-refractivity contribution >= 4 is 8.56 Å². The lowest BCUT2D eigenvalue weighted by atomic mass is 10.00. The average Bonchev–Trinajstić information content (AvgIpc) is 2.13. The summed E-state index contributed by atoms with van der Waals surface area (Å²) in [6, 6.07) is 1.20. The van der Waals surface area contributed by atoms with E-state index in [1.54, 1.807) is 0 Å². The van der Waals surface area contributed by atoms with E-state index in [0.29, 0.717) is 0 Å². The molecule has 15 heavy (non-hydrogen) atoms. The molecule has 1 rings (SSSR count). The maximum Gasteiger partial charge on any atom is 0.341 e. The highest BCUT2D eigenvalue weighted by Gasteiger charge is 2.47. The molecular formula is C12H26O2Si. The Kier molecular flexibility index (Phi) is 5.86. The Bertz CT molecular complexity index is 163. The molecule has 0 aromatic rings. The van der Waals surface area contributed by atoms with Crippen molar-refractivity contribution < 1.29 is 8.85 Å². The van der Waals surface area contributed by atoms with Gasteiger partial charge in [-0.15, -0.1) is 0 Å². The van der Waals surface area contributed by atoms with Crippen LogP contribution in [0.3, 0.4) is 0 Å². The summed E-state index contributed by atoms with van der Waals surface area (Å²) in [7, 11) is -1.83. The van der Waals surface area contributed by atoms with E-state index < -0.39 is 8.56 Å². The summed E-state index contributed by atoms with van der Waals surface area (Å²) in [6.45, 7) is 8.10. The summed E-state index contributed by atoms with van der Waals surface area (Å²) in [5, 5.41) is 0. The predicted octanol–water partition coefficient (Wildman–Crippen LogP) is 3.86. The Morgan fingerprint density at radius 3 is 2.00 bits per heavy atom.